The van der Waals surface area contributed by atoms with Gasteiger partial charge in [0, 0.05) is 11.1 Å². The number of fused-ring (bicyclic) bond motifs is 1. The van der Waals surface area contributed by atoms with E-state index in [1.54, 1.807) is 6.92 Å². The molecule has 0 aromatic heterocycles. The van der Waals surface area contributed by atoms with Crippen molar-refractivity contribution in [3.63, 3.8) is 0 Å². The van der Waals surface area contributed by atoms with Gasteiger partial charge in [-0.05, 0) is 48.9 Å². The number of carbonyl (C=O) groups excluding carboxylic acids is 1. The summed E-state index contributed by atoms with van der Waals surface area (Å²) in [7, 11) is 0. The van der Waals surface area contributed by atoms with Crippen molar-refractivity contribution in [1.82, 2.24) is 0 Å². The zero-order valence-electron chi connectivity index (χ0n) is 15.4. The number of ether oxygens (including phenoxy) is 1. The van der Waals surface area contributed by atoms with E-state index in [0.717, 1.165) is 28.6 Å². The molecule has 0 saturated heterocycles. The van der Waals surface area contributed by atoms with Crippen molar-refractivity contribution in [2.24, 2.45) is 0 Å². The zero-order chi connectivity index (χ0) is 18.4. The quantitative estimate of drug-likeness (QED) is 0.605. The van der Waals surface area contributed by atoms with E-state index in [0.29, 0.717) is 0 Å². The summed E-state index contributed by atoms with van der Waals surface area (Å²) in [5.74, 6) is 0.569. The lowest BCUT2D eigenvalue weighted by molar-refractivity contribution is -0.122. The number of hydrogen-bond acceptors (Lipinski definition) is 2. The minimum absolute atomic E-state index is 0.153. The number of unbranched alkanes of at least 4 members (excludes halogenated alkanes) is 1. The summed E-state index contributed by atoms with van der Waals surface area (Å²) < 4.78 is 5.93. The first-order valence-electron chi connectivity index (χ1n) is 9.21. The molecule has 0 heterocycles. The van der Waals surface area contributed by atoms with E-state index in [2.05, 4.69) is 24.4 Å². The van der Waals surface area contributed by atoms with Crippen LogP contribution in [0.3, 0.4) is 0 Å². The molecule has 0 saturated carbocycles. The summed E-state index contributed by atoms with van der Waals surface area (Å²) in [6, 6.07) is 21.9. The first kappa shape index (κ1) is 18.0. The first-order valence-corrected chi connectivity index (χ1v) is 9.21. The molecule has 0 spiro atoms. The highest BCUT2D eigenvalue weighted by Crippen LogP contribution is 2.26. The molecule has 0 aliphatic carbocycles. The van der Waals surface area contributed by atoms with E-state index in [4.69, 9.17) is 4.74 Å². The summed E-state index contributed by atoms with van der Waals surface area (Å²) in [4.78, 5) is 12.5. The number of nitrogens with one attached hydrogen (secondary N) is 1. The third-order valence-corrected chi connectivity index (χ3v) is 4.46. The second-order valence-electron chi connectivity index (χ2n) is 6.53. The van der Waals surface area contributed by atoms with Crippen molar-refractivity contribution in [1.29, 1.82) is 0 Å². The minimum atomic E-state index is -0.583. The summed E-state index contributed by atoms with van der Waals surface area (Å²) in [5, 5.41) is 5.04. The Morgan fingerprint density at radius 1 is 1.00 bits per heavy atom. The highest BCUT2D eigenvalue weighted by Gasteiger charge is 2.16. The molecule has 0 fully saturated rings. The van der Waals surface area contributed by atoms with Crippen LogP contribution < -0.4 is 10.1 Å². The maximum absolute atomic E-state index is 12.5. The Kier molecular flexibility index (Phi) is 5.90. The zero-order valence-corrected chi connectivity index (χ0v) is 15.4. The van der Waals surface area contributed by atoms with Gasteiger partial charge < -0.3 is 10.1 Å². The van der Waals surface area contributed by atoms with E-state index in [-0.39, 0.29) is 5.91 Å². The number of hydrogen-bond donors (Lipinski definition) is 1. The molecule has 0 radical (unpaired) electrons. The smallest absolute Gasteiger partial charge is 0.265 e. The largest absolute Gasteiger partial charge is 0.480 e. The topological polar surface area (TPSA) is 38.3 Å². The molecule has 134 valence electrons. The van der Waals surface area contributed by atoms with Crippen LogP contribution in [0.5, 0.6) is 5.75 Å². The predicted octanol–water partition coefficient (Wildman–Crippen LogP) is 5.59. The van der Waals surface area contributed by atoms with Gasteiger partial charge in [0.05, 0.1) is 0 Å². The molecule has 1 amide bonds. The van der Waals surface area contributed by atoms with E-state index in [1.165, 1.54) is 18.4 Å². The molecule has 1 N–H and O–H groups in total. The fraction of sp³-hybridized carbons (Fsp3) is 0.261. The van der Waals surface area contributed by atoms with Gasteiger partial charge in [-0.25, -0.2) is 0 Å². The minimum Gasteiger partial charge on any atom is -0.480 e. The van der Waals surface area contributed by atoms with Crippen LogP contribution in [0.4, 0.5) is 5.69 Å². The number of aryl methyl sites for hydroxylation is 1. The van der Waals surface area contributed by atoms with Crippen LogP contribution in [-0.4, -0.2) is 12.0 Å². The Morgan fingerprint density at radius 3 is 2.50 bits per heavy atom. The highest BCUT2D eigenvalue weighted by atomic mass is 16.5. The molecule has 0 bridgehead atoms. The molecular weight excluding hydrogens is 322 g/mol. The van der Waals surface area contributed by atoms with E-state index in [9.17, 15) is 4.79 Å². The summed E-state index contributed by atoms with van der Waals surface area (Å²) in [5.41, 5.74) is 2.09. The molecule has 3 aromatic rings. The van der Waals surface area contributed by atoms with Crippen LogP contribution in [0, 0.1) is 0 Å². The lowest BCUT2D eigenvalue weighted by atomic mass is 10.1. The van der Waals surface area contributed by atoms with Crippen LogP contribution in [0.2, 0.25) is 0 Å². The lowest BCUT2D eigenvalue weighted by Gasteiger charge is -2.16. The van der Waals surface area contributed by atoms with Crippen LogP contribution in [0.25, 0.3) is 10.8 Å². The van der Waals surface area contributed by atoms with Gasteiger partial charge in [0.25, 0.3) is 5.91 Å². The average molecular weight is 347 g/mol. The molecule has 1 atom stereocenters. The van der Waals surface area contributed by atoms with Gasteiger partial charge >= 0.3 is 0 Å². The molecule has 26 heavy (non-hydrogen) atoms. The van der Waals surface area contributed by atoms with Crippen LogP contribution in [-0.2, 0) is 11.2 Å². The van der Waals surface area contributed by atoms with Gasteiger partial charge in [-0.1, -0.05) is 61.9 Å². The van der Waals surface area contributed by atoms with Gasteiger partial charge in [-0.3, -0.25) is 4.79 Å². The van der Waals surface area contributed by atoms with Crippen molar-refractivity contribution in [3.05, 3.63) is 72.3 Å². The molecule has 0 aliphatic rings. The first-order chi connectivity index (χ1) is 12.7. The maximum atomic E-state index is 12.5. The SMILES string of the molecule is CCCCc1ccc(NC(=O)[C@@H](C)Oc2cccc3ccccc23)cc1. The van der Waals surface area contributed by atoms with E-state index >= 15 is 0 Å². The molecule has 3 aromatic carbocycles. The summed E-state index contributed by atoms with van der Waals surface area (Å²) in [6.07, 6.45) is 2.86. The fourth-order valence-electron chi connectivity index (χ4n) is 2.92. The van der Waals surface area contributed by atoms with Gasteiger partial charge in [-0.2, -0.15) is 0 Å². The second kappa shape index (κ2) is 8.52. The normalized spacial score (nSPS) is 11.9. The molecule has 3 nitrogen and oxygen atoms in total. The standard InChI is InChI=1S/C23H25NO2/c1-3-4-8-18-13-15-20(16-14-18)24-23(25)17(2)26-22-12-7-10-19-9-5-6-11-21(19)22/h5-7,9-17H,3-4,8H2,1-2H3,(H,24,25)/t17-/m1/s1. The van der Waals surface area contributed by atoms with Gasteiger partial charge in [0.1, 0.15) is 5.75 Å². The third kappa shape index (κ3) is 4.42. The summed E-state index contributed by atoms with van der Waals surface area (Å²) in [6.45, 7) is 3.96. The van der Waals surface area contributed by atoms with Gasteiger partial charge in [-0.15, -0.1) is 0 Å². The van der Waals surface area contributed by atoms with Crippen molar-refractivity contribution < 1.29 is 9.53 Å². The number of anilines is 1. The van der Waals surface area contributed by atoms with Crippen molar-refractivity contribution in [2.45, 2.75) is 39.2 Å². The molecule has 3 heteroatoms. The Balaban J connectivity index is 1.64. The number of amides is 1. The fourth-order valence-corrected chi connectivity index (χ4v) is 2.92. The highest BCUT2D eigenvalue weighted by molar-refractivity contribution is 5.95. The monoisotopic (exact) mass is 347 g/mol. The molecule has 3 rings (SSSR count). The Labute approximate surface area is 155 Å². The van der Waals surface area contributed by atoms with Gasteiger partial charge in [0.15, 0.2) is 6.10 Å². The molecule has 0 unspecified atom stereocenters. The van der Waals surface area contributed by atoms with Crippen LogP contribution >= 0.6 is 0 Å². The Bertz CT molecular complexity index is 866. The van der Waals surface area contributed by atoms with E-state index < -0.39 is 6.10 Å². The average Bonchev–Trinajstić information content (AvgIpc) is 2.67. The number of rotatable bonds is 7. The van der Waals surface area contributed by atoms with Crippen LogP contribution in [0.1, 0.15) is 32.3 Å². The van der Waals surface area contributed by atoms with Gasteiger partial charge in [0.2, 0.25) is 0 Å². The lowest BCUT2D eigenvalue weighted by Crippen LogP contribution is -2.30. The number of benzene rings is 3. The predicted molar refractivity (Wildman–Crippen MR) is 108 cm³/mol. The van der Waals surface area contributed by atoms with E-state index in [1.807, 2.05) is 54.6 Å². The second-order valence-corrected chi connectivity index (χ2v) is 6.53. The number of carbonyl (C=O) groups is 1. The molecule has 0 aliphatic heterocycles. The third-order valence-electron chi connectivity index (χ3n) is 4.46. The van der Waals surface area contributed by atoms with Crippen molar-refractivity contribution in [3.8, 4) is 5.75 Å². The van der Waals surface area contributed by atoms with Crippen molar-refractivity contribution >= 4 is 22.4 Å². The van der Waals surface area contributed by atoms with Crippen molar-refractivity contribution in [2.75, 3.05) is 5.32 Å². The maximum Gasteiger partial charge on any atom is 0.265 e. The summed E-state index contributed by atoms with van der Waals surface area (Å²) >= 11 is 0. The molecular formula is C23H25NO2. The van der Waals surface area contributed by atoms with Crippen LogP contribution in [0.15, 0.2) is 66.7 Å². The Hall–Kier alpha value is -2.81. The Morgan fingerprint density at radius 2 is 1.73 bits per heavy atom.